The van der Waals surface area contributed by atoms with Crippen LogP contribution in [0.4, 0.5) is 5.69 Å². The number of benzene rings is 1. The molecular formula is C13H16N4O2. The van der Waals surface area contributed by atoms with Gasteiger partial charge >= 0.3 is 0 Å². The molecule has 0 fully saturated rings. The van der Waals surface area contributed by atoms with Crippen molar-refractivity contribution in [3.8, 4) is 0 Å². The smallest absolute Gasteiger partial charge is 0.292 e. The molecule has 0 saturated carbocycles. The first kappa shape index (κ1) is 13.1. The Bertz CT molecular complexity index is 565. The van der Waals surface area contributed by atoms with Gasteiger partial charge in [-0.3, -0.25) is 4.79 Å². The number of hydrogen-bond donors (Lipinski definition) is 2. The van der Waals surface area contributed by atoms with Crippen molar-refractivity contribution in [3.63, 3.8) is 0 Å². The molecule has 1 aromatic heterocycles. The van der Waals surface area contributed by atoms with Gasteiger partial charge < -0.3 is 15.6 Å². The summed E-state index contributed by atoms with van der Waals surface area (Å²) in [5.41, 5.74) is 7.52. The lowest BCUT2D eigenvalue weighted by Gasteiger charge is -1.99. The Morgan fingerprint density at radius 2 is 2.26 bits per heavy atom. The molecule has 0 atom stereocenters. The molecule has 6 heteroatoms. The Kier molecular flexibility index (Phi) is 4.12. The molecule has 1 amide bonds. The molecule has 0 radical (unpaired) electrons. The van der Waals surface area contributed by atoms with Crippen LogP contribution in [0.1, 0.15) is 29.0 Å². The molecule has 0 aliphatic heterocycles. The second-order valence-corrected chi connectivity index (χ2v) is 4.12. The highest BCUT2D eigenvalue weighted by Gasteiger charge is 2.13. The van der Waals surface area contributed by atoms with Crippen molar-refractivity contribution in [1.82, 2.24) is 15.5 Å². The summed E-state index contributed by atoms with van der Waals surface area (Å²) in [4.78, 5) is 15.5. The minimum absolute atomic E-state index is 0.0735. The second-order valence-electron chi connectivity index (χ2n) is 4.12. The summed E-state index contributed by atoms with van der Waals surface area (Å²) < 4.78 is 5.03. The third-order valence-corrected chi connectivity index (χ3v) is 2.59. The topological polar surface area (TPSA) is 94.0 Å². The number of rotatable bonds is 5. The van der Waals surface area contributed by atoms with Gasteiger partial charge in [0.15, 0.2) is 0 Å². The average molecular weight is 260 g/mol. The van der Waals surface area contributed by atoms with Crippen LogP contribution in [0.25, 0.3) is 0 Å². The molecule has 0 aliphatic carbocycles. The van der Waals surface area contributed by atoms with Gasteiger partial charge in [-0.2, -0.15) is 4.98 Å². The molecule has 0 saturated heterocycles. The first-order valence-electron chi connectivity index (χ1n) is 6.14. The Balaban J connectivity index is 1.95. The lowest BCUT2D eigenvalue weighted by molar-refractivity contribution is 0.0942. The number of nitrogens with one attached hydrogen (secondary N) is 1. The van der Waals surface area contributed by atoms with Crippen molar-refractivity contribution in [2.24, 2.45) is 0 Å². The number of carbonyl (C=O) groups is 1. The van der Waals surface area contributed by atoms with Crippen molar-refractivity contribution in [2.45, 2.75) is 19.8 Å². The molecule has 2 rings (SSSR count). The van der Waals surface area contributed by atoms with Gasteiger partial charge in [-0.15, -0.1) is 0 Å². The fourth-order valence-electron chi connectivity index (χ4n) is 1.69. The third-order valence-electron chi connectivity index (χ3n) is 2.59. The predicted molar refractivity (Wildman–Crippen MR) is 70.6 cm³/mol. The zero-order valence-electron chi connectivity index (χ0n) is 10.7. The van der Waals surface area contributed by atoms with E-state index in [1.165, 1.54) is 0 Å². The van der Waals surface area contributed by atoms with E-state index in [2.05, 4.69) is 15.5 Å². The van der Waals surface area contributed by atoms with Crippen LogP contribution >= 0.6 is 0 Å². The van der Waals surface area contributed by atoms with Crippen molar-refractivity contribution >= 4 is 11.6 Å². The zero-order valence-corrected chi connectivity index (χ0v) is 10.7. The predicted octanol–water partition coefficient (Wildman–Crippen LogP) is 1.19. The summed E-state index contributed by atoms with van der Waals surface area (Å²) >= 11 is 0. The number of anilines is 1. The van der Waals surface area contributed by atoms with Crippen molar-refractivity contribution in [1.29, 1.82) is 0 Å². The van der Waals surface area contributed by atoms with Gasteiger partial charge in [0.2, 0.25) is 5.89 Å². The van der Waals surface area contributed by atoms with Crippen molar-refractivity contribution in [2.75, 3.05) is 12.3 Å². The first-order valence-corrected chi connectivity index (χ1v) is 6.14. The number of aryl methyl sites for hydroxylation is 2. The van der Waals surface area contributed by atoms with Gasteiger partial charge in [0.25, 0.3) is 11.7 Å². The highest BCUT2D eigenvalue weighted by molar-refractivity contribution is 5.90. The fraction of sp³-hybridized carbons (Fsp3) is 0.308. The summed E-state index contributed by atoms with van der Waals surface area (Å²) in [6, 6.07) is 7.63. The van der Waals surface area contributed by atoms with E-state index in [-0.39, 0.29) is 11.7 Å². The standard InChI is InChI=1S/C13H16N4O2/c1-2-15-13(18)12-16-11(19-17-12)7-6-9-4-3-5-10(14)8-9/h3-5,8H,2,6-7,14H2,1H3,(H,15,18). The molecule has 0 spiro atoms. The Hall–Kier alpha value is -2.37. The Morgan fingerprint density at radius 3 is 3.00 bits per heavy atom. The number of nitrogens with zero attached hydrogens (tertiary/aromatic N) is 2. The maximum absolute atomic E-state index is 11.5. The van der Waals surface area contributed by atoms with Gasteiger partial charge in [-0.1, -0.05) is 17.3 Å². The van der Waals surface area contributed by atoms with Crippen LogP contribution in [0.3, 0.4) is 0 Å². The number of hydrogen-bond acceptors (Lipinski definition) is 5. The fourth-order valence-corrected chi connectivity index (χ4v) is 1.69. The van der Waals surface area contributed by atoms with E-state index in [4.69, 9.17) is 10.3 Å². The molecule has 6 nitrogen and oxygen atoms in total. The average Bonchev–Trinajstić information content (AvgIpc) is 2.86. The number of carbonyl (C=O) groups excluding carboxylic acids is 1. The maximum Gasteiger partial charge on any atom is 0.292 e. The quantitative estimate of drug-likeness (QED) is 0.787. The molecule has 0 unspecified atom stereocenters. The summed E-state index contributed by atoms with van der Waals surface area (Å²) in [6.45, 7) is 2.37. The van der Waals surface area contributed by atoms with Crippen LogP contribution in [0.15, 0.2) is 28.8 Å². The third kappa shape index (κ3) is 3.54. The van der Waals surface area contributed by atoms with E-state index in [9.17, 15) is 4.79 Å². The first-order chi connectivity index (χ1) is 9.19. The normalized spacial score (nSPS) is 10.4. The van der Waals surface area contributed by atoms with Crippen LogP contribution < -0.4 is 11.1 Å². The summed E-state index contributed by atoms with van der Waals surface area (Å²) in [6.07, 6.45) is 1.32. The summed E-state index contributed by atoms with van der Waals surface area (Å²) in [5.74, 6) is 0.203. The molecule has 2 aromatic rings. The number of nitrogens with two attached hydrogens (primary N) is 1. The van der Waals surface area contributed by atoms with Gasteiger partial charge in [-0.25, -0.2) is 0 Å². The largest absolute Gasteiger partial charge is 0.399 e. The lowest BCUT2D eigenvalue weighted by atomic mass is 10.1. The van der Waals surface area contributed by atoms with E-state index < -0.39 is 0 Å². The van der Waals surface area contributed by atoms with Crippen molar-refractivity contribution < 1.29 is 9.32 Å². The summed E-state index contributed by atoms with van der Waals surface area (Å²) in [5, 5.41) is 6.26. The zero-order chi connectivity index (χ0) is 13.7. The van der Waals surface area contributed by atoms with Crippen molar-refractivity contribution in [3.05, 3.63) is 41.5 Å². The molecule has 0 aliphatic rings. The van der Waals surface area contributed by atoms with Crippen LogP contribution in [-0.4, -0.2) is 22.6 Å². The van der Waals surface area contributed by atoms with E-state index in [0.29, 0.717) is 18.9 Å². The molecule has 1 heterocycles. The van der Waals surface area contributed by atoms with Gasteiger partial charge in [0, 0.05) is 18.7 Å². The number of amides is 1. The van der Waals surface area contributed by atoms with Crippen LogP contribution in [0.5, 0.6) is 0 Å². The van der Waals surface area contributed by atoms with E-state index in [0.717, 1.165) is 17.7 Å². The van der Waals surface area contributed by atoms with Gasteiger partial charge in [-0.05, 0) is 31.0 Å². The highest BCUT2D eigenvalue weighted by Crippen LogP contribution is 2.10. The lowest BCUT2D eigenvalue weighted by Crippen LogP contribution is -2.23. The molecule has 100 valence electrons. The van der Waals surface area contributed by atoms with Crippen LogP contribution in [-0.2, 0) is 12.8 Å². The van der Waals surface area contributed by atoms with Crippen LogP contribution in [0.2, 0.25) is 0 Å². The Labute approximate surface area is 111 Å². The SMILES string of the molecule is CCNC(=O)c1noc(CCc2cccc(N)c2)n1. The molecule has 0 bridgehead atoms. The minimum atomic E-state index is -0.318. The molecular weight excluding hydrogens is 244 g/mol. The number of nitrogen functional groups attached to an aromatic ring is 1. The van der Waals surface area contributed by atoms with E-state index in [1.54, 1.807) is 0 Å². The van der Waals surface area contributed by atoms with E-state index >= 15 is 0 Å². The van der Waals surface area contributed by atoms with E-state index in [1.807, 2.05) is 31.2 Å². The second kappa shape index (κ2) is 5.99. The highest BCUT2D eigenvalue weighted by atomic mass is 16.5. The van der Waals surface area contributed by atoms with Gasteiger partial charge in [0.05, 0.1) is 0 Å². The molecule has 19 heavy (non-hydrogen) atoms. The minimum Gasteiger partial charge on any atom is -0.399 e. The molecule has 1 aromatic carbocycles. The molecule has 3 N–H and O–H groups in total. The van der Waals surface area contributed by atoms with Gasteiger partial charge in [0.1, 0.15) is 0 Å². The monoisotopic (exact) mass is 260 g/mol. The number of aromatic nitrogens is 2. The van der Waals surface area contributed by atoms with Crippen LogP contribution in [0, 0.1) is 0 Å². The maximum atomic E-state index is 11.5. The summed E-state index contributed by atoms with van der Waals surface area (Å²) in [7, 11) is 0. The Morgan fingerprint density at radius 1 is 1.42 bits per heavy atom.